The summed E-state index contributed by atoms with van der Waals surface area (Å²) in [6.07, 6.45) is 0.731. The highest BCUT2D eigenvalue weighted by Gasteiger charge is 2.34. The average Bonchev–Trinajstić information content (AvgIpc) is 2.93. The van der Waals surface area contributed by atoms with Gasteiger partial charge in [-0.2, -0.15) is 0 Å². The number of benzene rings is 3. The summed E-state index contributed by atoms with van der Waals surface area (Å²) < 4.78 is 35.2. The molecule has 0 fully saturated rings. The van der Waals surface area contributed by atoms with Gasteiger partial charge in [0.2, 0.25) is 11.8 Å². The minimum absolute atomic E-state index is 0.000191. The summed E-state index contributed by atoms with van der Waals surface area (Å²) in [5.41, 5.74) is 1.76. The van der Waals surface area contributed by atoms with Crippen LogP contribution < -0.4 is 14.4 Å². The molecule has 3 rings (SSSR count). The number of anilines is 1. The van der Waals surface area contributed by atoms with Crippen molar-refractivity contribution in [3.63, 3.8) is 0 Å². The maximum Gasteiger partial charge on any atom is 0.264 e. The third-order valence-electron chi connectivity index (χ3n) is 6.26. The molecule has 1 N–H and O–H groups in total. The smallest absolute Gasteiger partial charge is 0.264 e. The van der Waals surface area contributed by atoms with E-state index in [2.05, 4.69) is 21.2 Å². The summed E-state index contributed by atoms with van der Waals surface area (Å²) in [6, 6.07) is 17.4. The van der Waals surface area contributed by atoms with Crippen LogP contribution in [0.3, 0.4) is 0 Å². The summed E-state index contributed by atoms with van der Waals surface area (Å²) >= 11 is 9.71. The summed E-state index contributed by atoms with van der Waals surface area (Å²) in [5.74, 6) is -0.685. The zero-order chi connectivity index (χ0) is 29.4. The predicted molar refractivity (Wildman–Crippen MR) is 161 cm³/mol. The van der Waals surface area contributed by atoms with E-state index in [0.717, 1.165) is 26.3 Å². The second-order valence-corrected chi connectivity index (χ2v) is 12.5. The van der Waals surface area contributed by atoms with Crippen LogP contribution in [0.5, 0.6) is 5.75 Å². The van der Waals surface area contributed by atoms with Crippen LogP contribution in [0.15, 0.2) is 76.1 Å². The van der Waals surface area contributed by atoms with Gasteiger partial charge in [0, 0.05) is 22.6 Å². The molecule has 0 saturated heterocycles. The zero-order valence-electron chi connectivity index (χ0n) is 22.9. The molecule has 3 aromatic carbocycles. The molecule has 2 amide bonds. The fourth-order valence-corrected chi connectivity index (χ4v) is 6.05. The van der Waals surface area contributed by atoms with Gasteiger partial charge in [-0.15, -0.1) is 0 Å². The van der Waals surface area contributed by atoms with E-state index in [1.807, 2.05) is 38.1 Å². The van der Waals surface area contributed by atoms with Gasteiger partial charge in [-0.1, -0.05) is 64.3 Å². The Kier molecular flexibility index (Phi) is 11.0. The number of carbonyl (C=O) groups is 2. The zero-order valence-corrected chi connectivity index (χ0v) is 26.0. The molecule has 1 unspecified atom stereocenters. The Labute approximate surface area is 249 Å². The molecule has 0 radical (unpaired) electrons. The third-order valence-corrected chi connectivity index (χ3v) is 8.76. The molecule has 0 spiro atoms. The molecule has 0 aliphatic rings. The van der Waals surface area contributed by atoms with Crippen molar-refractivity contribution in [2.45, 2.75) is 44.7 Å². The Morgan fingerprint density at radius 2 is 1.77 bits per heavy atom. The number of sulfonamides is 1. The molecular weight excluding hydrogens is 618 g/mol. The fourth-order valence-electron chi connectivity index (χ4n) is 4.02. The van der Waals surface area contributed by atoms with Gasteiger partial charge in [-0.05, 0) is 68.3 Å². The van der Waals surface area contributed by atoms with Crippen LogP contribution in [0, 0.1) is 6.92 Å². The van der Waals surface area contributed by atoms with Crippen molar-refractivity contribution < 1.29 is 22.7 Å². The molecule has 1 atom stereocenters. The Balaban J connectivity index is 2.09. The van der Waals surface area contributed by atoms with Gasteiger partial charge < -0.3 is 15.0 Å². The fraction of sp³-hybridized carbons (Fsp3) is 0.310. The monoisotopic (exact) mass is 649 g/mol. The minimum Gasteiger partial charge on any atom is -0.495 e. The van der Waals surface area contributed by atoms with E-state index >= 15 is 0 Å². The lowest BCUT2D eigenvalue weighted by atomic mass is 10.1. The maximum absolute atomic E-state index is 14.0. The lowest BCUT2D eigenvalue weighted by molar-refractivity contribution is -0.139. The van der Waals surface area contributed by atoms with E-state index in [0.29, 0.717) is 6.54 Å². The Hall–Kier alpha value is -3.08. The molecule has 0 bridgehead atoms. The quantitative estimate of drug-likeness (QED) is 0.277. The van der Waals surface area contributed by atoms with E-state index in [1.54, 1.807) is 31.2 Å². The van der Waals surface area contributed by atoms with Crippen LogP contribution in [0.1, 0.15) is 31.4 Å². The Morgan fingerprint density at radius 1 is 1.07 bits per heavy atom. The van der Waals surface area contributed by atoms with Gasteiger partial charge >= 0.3 is 0 Å². The Morgan fingerprint density at radius 3 is 2.40 bits per heavy atom. The van der Waals surface area contributed by atoms with Crippen molar-refractivity contribution >= 4 is 55.1 Å². The molecule has 0 heterocycles. The first-order chi connectivity index (χ1) is 19.0. The minimum atomic E-state index is -4.25. The SMILES string of the molecule is CCCNC(=O)C(C)N(Cc1cccc(Br)c1)C(=O)CN(c1cc(Cl)ccc1OC)S(=O)(=O)c1ccc(C)cc1. The first kappa shape index (κ1) is 31.4. The topological polar surface area (TPSA) is 96.0 Å². The van der Waals surface area contributed by atoms with E-state index in [9.17, 15) is 18.0 Å². The number of halogens is 2. The number of carbonyl (C=O) groups excluding carboxylic acids is 2. The standard InChI is InChI=1S/C29H33BrClN3O5S/c1-5-15-32-29(36)21(3)33(18-22-7-6-8-23(30)16-22)28(35)19-34(26-17-24(31)11-14-27(26)39-4)40(37,38)25-12-9-20(2)10-13-25/h6-14,16-17,21H,5,15,18-19H2,1-4H3,(H,32,36). The molecule has 0 aliphatic heterocycles. The molecular formula is C29H33BrClN3O5S. The summed E-state index contributed by atoms with van der Waals surface area (Å²) in [4.78, 5) is 28.4. The molecule has 0 aliphatic carbocycles. The van der Waals surface area contributed by atoms with Crippen LogP contribution in [0.4, 0.5) is 5.69 Å². The predicted octanol–water partition coefficient (Wildman–Crippen LogP) is 5.56. The molecule has 0 saturated carbocycles. The van der Waals surface area contributed by atoms with Crippen molar-refractivity contribution in [1.82, 2.24) is 10.2 Å². The van der Waals surface area contributed by atoms with Crippen molar-refractivity contribution in [3.05, 3.63) is 87.4 Å². The number of methoxy groups -OCH3 is 1. The van der Waals surface area contributed by atoms with E-state index in [1.165, 1.54) is 30.2 Å². The van der Waals surface area contributed by atoms with Crippen LogP contribution in [0.25, 0.3) is 0 Å². The van der Waals surface area contributed by atoms with Crippen molar-refractivity contribution in [2.75, 3.05) is 24.5 Å². The third kappa shape index (κ3) is 7.77. The van der Waals surface area contributed by atoms with E-state index in [-0.39, 0.29) is 33.8 Å². The average molecular weight is 651 g/mol. The summed E-state index contributed by atoms with van der Waals surface area (Å²) in [7, 11) is -2.84. The number of rotatable bonds is 12. The first-order valence-electron chi connectivity index (χ1n) is 12.7. The van der Waals surface area contributed by atoms with Gasteiger partial charge in [0.25, 0.3) is 10.0 Å². The molecule has 40 heavy (non-hydrogen) atoms. The van der Waals surface area contributed by atoms with Crippen molar-refractivity contribution in [2.24, 2.45) is 0 Å². The number of amides is 2. The second-order valence-electron chi connectivity index (χ2n) is 9.26. The van der Waals surface area contributed by atoms with Gasteiger partial charge in [0.1, 0.15) is 18.3 Å². The summed E-state index contributed by atoms with van der Waals surface area (Å²) in [5, 5.41) is 3.09. The van der Waals surface area contributed by atoms with Crippen LogP contribution in [-0.4, -0.2) is 51.4 Å². The normalized spacial score (nSPS) is 11.9. The van der Waals surface area contributed by atoms with Gasteiger partial charge in [-0.25, -0.2) is 8.42 Å². The van der Waals surface area contributed by atoms with E-state index < -0.39 is 28.5 Å². The molecule has 214 valence electrons. The number of aryl methyl sites for hydroxylation is 1. The number of ether oxygens (including phenoxy) is 1. The molecule has 3 aromatic rings. The van der Waals surface area contributed by atoms with Gasteiger partial charge in [0.05, 0.1) is 17.7 Å². The first-order valence-corrected chi connectivity index (χ1v) is 15.3. The molecule has 8 nitrogen and oxygen atoms in total. The number of nitrogens with zero attached hydrogens (tertiary/aromatic N) is 2. The molecule has 0 aromatic heterocycles. The lowest BCUT2D eigenvalue weighted by Gasteiger charge is -2.32. The maximum atomic E-state index is 14.0. The van der Waals surface area contributed by atoms with Gasteiger partial charge in [-0.3, -0.25) is 13.9 Å². The van der Waals surface area contributed by atoms with Crippen molar-refractivity contribution in [1.29, 1.82) is 0 Å². The lowest BCUT2D eigenvalue weighted by Crippen LogP contribution is -2.51. The van der Waals surface area contributed by atoms with E-state index in [4.69, 9.17) is 16.3 Å². The molecule has 11 heteroatoms. The highest BCUT2D eigenvalue weighted by molar-refractivity contribution is 9.10. The number of hydrogen-bond acceptors (Lipinski definition) is 5. The highest BCUT2D eigenvalue weighted by Crippen LogP contribution is 2.35. The largest absolute Gasteiger partial charge is 0.495 e. The number of nitrogens with one attached hydrogen (secondary N) is 1. The Bertz CT molecular complexity index is 1450. The summed E-state index contributed by atoms with van der Waals surface area (Å²) in [6.45, 7) is 5.36. The number of hydrogen-bond donors (Lipinski definition) is 1. The van der Waals surface area contributed by atoms with Crippen LogP contribution >= 0.6 is 27.5 Å². The van der Waals surface area contributed by atoms with Gasteiger partial charge in [0.15, 0.2) is 0 Å². The second kappa shape index (κ2) is 14.0. The van der Waals surface area contributed by atoms with Crippen molar-refractivity contribution in [3.8, 4) is 5.75 Å². The van der Waals surface area contributed by atoms with Crippen LogP contribution in [0.2, 0.25) is 5.02 Å². The highest BCUT2D eigenvalue weighted by atomic mass is 79.9. The van der Waals surface area contributed by atoms with Crippen LogP contribution in [-0.2, 0) is 26.2 Å².